The van der Waals surface area contributed by atoms with Crippen molar-refractivity contribution < 1.29 is 0 Å². The highest BCUT2D eigenvalue weighted by atomic mass is 15.1. The molecule has 0 atom stereocenters. The zero-order chi connectivity index (χ0) is 8.39. The van der Waals surface area contributed by atoms with E-state index in [-0.39, 0.29) is 0 Å². The predicted molar refractivity (Wildman–Crippen MR) is 48.9 cm³/mol. The molecule has 2 nitrogen and oxygen atoms in total. The van der Waals surface area contributed by atoms with Gasteiger partial charge in [0.15, 0.2) is 0 Å². The van der Waals surface area contributed by atoms with Crippen LogP contribution in [0.4, 0.5) is 0 Å². The molecule has 0 aliphatic carbocycles. The number of benzene rings is 1. The van der Waals surface area contributed by atoms with Crippen molar-refractivity contribution >= 4 is 10.9 Å². The molecule has 0 N–H and O–H groups in total. The molecule has 2 rings (SSSR count). The van der Waals surface area contributed by atoms with Crippen molar-refractivity contribution in [3.8, 4) is 0 Å². The Morgan fingerprint density at radius 1 is 1.25 bits per heavy atom. The van der Waals surface area contributed by atoms with Gasteiger partial charge in [0.05, 0.1) is 11.7 Å². The maximum absolute atomic E-state index is 4.10. The third-order valence-electron chi connectivity index (χ3n) is 2.01. The molecule has 60 valence electrons. The van der Waals surface area contributed by atoms with Crippen LogP contribution in [0.15, 0.2) is 30.5 Å². The molecular formula is C10H10N2. The number of aromatic nitrogens is 2. The van der Waals surface area contributed by atoms with E-state index < -0.39 is 0 Å². The third-order valence-corrected chi connectivity index (χ3v) is 2.01. The number of hydrogen-bond acceptors (Lipinski definition) is 2. The van der Waals surface area contributed by atoms with Crippen LogP contribution in [0.25, 0.3) is 10.9 Å². The van der Waals surface area contributed by atoms with Crippen LogP contribution in [0.1, 0.15) is 12.5 Å². The third kappa shape index (κ3) is 1.05. The molecule has 1 aromatic carbocycles. The second-order valence-electron chi connectivity index (χ2n) is 2.74. The Morgan fingerprint density at radius 3 is 3.00 bits per heavy atom. The first-order valence-electron chi connectivity index (χ1n) is 4.11. The normalized spacial score (nSPS) is 10.4. The van der Waals surface area contributed by atoms with Crippen LogP contribution in [-0.2, 0) is 6.42 Å². The summed E-state index contributed by atoms with van der Waals surface area (Å²) >= 11 is 0. The first-order chi connectivity index (χ1) is 5.92. The summed E-state index contributed by atoms with van der Waals surface area (Å²) in [6, 6.07) is 8.20. The number of nitrogens with zero attached hydrogens (tertiary/aromatic N) is 2. The number of fused-ring (bicyclic) bond motifs is 1. The zero-order valence-electron chi connectivity index (χ0n) is 6.99. The Balaban J connectivity index is 2.79. The minimum atomic E-state index is 1.01. The number of rotatable bonds is 1. The van der Waals surface area contributed by atoms with Crippen LogP contribution in [0.2, 0.25) is 0 Å². The summed E-state index contributed by atoms with van der Waals surface area (Å²) in [5.41, 5.74) is 2.29. The lowest BCUT2D eigenvalue weighted by atomic mass is 10.1. The molecule has 0 saturated carbocycles. The van der Waals surface area contributed by atoms with E-state index in [4.69, 9.17) is 0 Å². The molecule has 0 spiro atoms. The fourth-order valence-corrected chi connectivity index (χ4v) is 1.36. The molecule has 0 fully saturated rings. The van der Waals surface area contributed by atoms with E-state index >= 15 is 0 Å². The average molecular weight is 158 g/mol. The highest BCUT2D eigenvalue weighted by Crippen LogP contribution is 2.14. The molecule has 0 amide bonds. The summed E-state index contributed by atoms with van der Waals surface area (Å²) in [5.74, 6) is 0. The Labute approximate surface area is 71.3 Å². The number of hydrogen-bond donors (Lipinski definition) is 0. The van der Waals surface area contributed by atoms with Gasteiger partial charge in [-0.05, 0) is 18.1 Å². The molecule has 0 unspecified atom stereocenters. The van der Waals surface area contributed by atoms with E-state index in [2.05, 4.69) is 35.3 Å². The maximum Gasteiger partial charge on any atom is 0.0961 e. The molecule has 2 aromatic rings. The predicted octanol–water partition coefficient (Wildman–Crippen LogP) is 2.19. The van der Waals surface area contributed by atoms with Crippen LogP contribution in [0.5, 0.6) is 0 Å². The van der Waals surface area contributed by atoms with Crippen LogP contribution in [0, 0.1) is 0 Å². The van der Waals surface area contributed by atoms with E-state index in [1.54, 1.807) is 6.20 Å². The van der Waals surface area contributed by atoms with Gasteiger partial charge >= 0.3 is 0 Å². The fraction of sp³-hybridized carbons (Fsp3) is 0.200. The smallest absolute Gasteiger partial charge is 0.0961 e. The largest absolute Gasteiger partial charge is 0.159 e. The van der Waals surface area contributed by atoms with Gasteiger partial charge in [0.25, 0.3) is 0 Å². The standard InChI is InChI=1S/C10H10N2/c1-2-8-4-3-5-9-6-7-11-12-10(8)9/h3-7H,2H2,1H3. The molecule has 0 saturated heterocycles. The summed E-state index contributed by atoms with van der Waals surface area (Å²) in [6.07, 6.45) is 2.73. The maximum atomic E-state index is 4.10. The van der Waals surface area contributed by atoms with E-state index in [1.807, 2.05) is 6.07 Å². The molecule has 2 heteroatoms. The average Bonchev–Trinajstić information content (AvgIpc) is 2.17. The van der Waals surface area contributed by atoms with Crippen molar-refractivity contribution in [2.45, 2.75) is 13.3 Å². The highest BCUT2D eigenvalue weighted by Gasteiger charge is 1.98. The van der Waals surface area contributed by atoms with Crippen LogP contribution >= 0.6 is 0 Å². The zero-order valence-corrected chi connectivity index (χ0v) is 6.99. The second-order valence-corrected chi connectivity index (χ2v) is 2.74. The highest BCUT2D eigenvalue weighted by molar-refractivity contribution is 5.80. The van der Waals surface area contributed by atoms with Gasteiger partial charge in [-0.3, -0.25) is 0 Å². The molecular weight excluding hydrogens is 148 g/mol. The minimum absolute atomic E-state index is 1.01. The molecule has 12 heavy (non-hydrogen) atoms. The van der Waals surface area contributed by atoms with Gasteiger partial charge in [-0.25, -0.2) is 0 Å². The summed E-state index contributed by atoms with van der Waals surface area (Å²) in [4.78, 5) is 0. The van der Waals surface area contributed by atoms with E-state index in [0.29, 0.717) is 0 Å². The molecule has 0 aliphatic rings. The van der Waals surface area contributed by atoms with Gasteiger partial charge in [0.2, 0.25) is 0 Å². The van der Waals surface area contributed by atoms with Gasteiger partial charge in [-0.2, -0.15) is 10.2 Å². The molecule has 1 aromatic heterocycles. The van der Waals surface area contributed by atoms with E-state index in [1.165, 1.54) is 10.9 Å². The fourth-order valence-electron chi connectivity index (χ4n) is 1.36. The molecule has 0 radical (unpaired) electrons. The van der Waals surface area contributed by atoms with Crippen LogP contribution in [-0.4, -0.2) is 10.2 Å². The second kappa shape index (κ2) is 2.89. The van der Waals surface area contributed by atoms with Gasteiger partial charge in [0, 0.05) is 5.39 Å². The van der Waals surface area contributed by atoms with E-state index in [9.17, 15) is 0 Å². The van der Waals surface area contributed by atoms with Gasteiger partial charge in [-0.1, -0.05) is 25.1 Å². The number of aryl methyl sites for hydroxylation is 1. The lowest BCUT2D eigenvalue weighted by Gasteiger charge is -1.99. The monoisotopic (exact) mass is 158 g/mol. The van der Waals surface area contributed by atoms with Crippen LogP contribution < -0.4 is 0 Å². The van der Waals surface area contributed by atoms with Crippen molar-refractivity contribution in [3.05, 3.63) is 36.0 Å². The Kier molecular flexibility index (Phi) is 1.74. The topological polar surface area (TPSA) is 25.8 Å². The van der Waals surface area contributed by atoms with E-state index in [0.717, 1.165) is 11.9 Å². The summed E-state index contributed by atoms with van der Waals surface area (Å²) < 4.78 is 0. The van der Waals surface area contributed by atoms with Crippen LogP contribution in [0.3, 0.4) is 0 Å². The van der Waals surface area contributed by atoms with Crippen molar-refractivity contribution in [3.63, 3.8) is 0 Å². The summed E-state index contributed by atoms with van der Waals surface area (Å²) in [7, 11) is 0. The first-order valence-corrected chi connectivity index (χ1v) is 4.11. The Morgan fingerprint density at radius 2 is 2.17 bits per heavy atom. The van der Waals surface area contributed by atoms with Crippen molar-refractivity contribution in [1.82, 2.24) is 10.2 Å². The van der Waals surface area contributed by atoms with Gasteiger partial charge in [0.1, 0.15) is 0 Å². The van der Waals surface area contributed by atoms with Crippen molar-refractivity contribution in [1.29, 1.82) is 0 Å². The molecule has 1 heterocycles. The lowest BCUT2D eigenvalue weighted by molar-refractivity contribution is 1.05. The SMILES string of the molecule is CCc1cccc2ccnnc12. The van der Waals surface area contributed by atoms with Crippen molar-refractivity contribution in [2.75, 3.05) is 0 Å². The van der Waals surface area contributed by atoms with Crippen molar-refractivity contribution in [2.24, 2.45) is 0 Å². The molecule has 0 bridgehead atoms. The lowest BCUT2D eigenvalue weighted by Crippen LogP contribution is -1.88. The summed E-state index contributed by atoms with van der Waals surface area (Å²) in [6.45, 7) is 2.13. The minimum Gasteiger partial charge on any atom is -0.159 e. The Bertz CT molecular complexity index is 390. The Hall–Kier alpha value is -1.44. The van der Waals surface area contributed by atoms with Gasteiger partial charge < -0.3 is 0 Å². The van der Waals surface area contributed by atoms with Gasteiger partial charge in [-0.15, -0.1) is 0 Å². The first kappa shape index (κ1) is 7.22. The molecule has 0 aliphatic heterocycles. The summed E-state index contributed by atoms with van der Waals surface area (Å²) in [5, 5.41) is 9.14. The quantitative estimate of drug-likeness (QED) is 0.635.